The minimum absolute atomic E-state index is 0.126. The molecule has 0 spiro atoms. The fourth-order valence-corrected chi connectivity index (χ4v) is 2.08. The lowest BCUT2D eigenvalue weighted by Gasteiger charge is -2.03. The Morgan fingerprint density at radius 2 is 2.11 bits per heavy atom. The Labute approximate surface area is 102 Å². The van der Waals surface area contributed by atoms with E-state index in [1.54, 1.807) is 0 Å². The minimum atomic E-state index is -1.07. The van der Waals surface area contributed by atoms with Crippen LogP contribution in [0.3, 0.4) is 0 Å². The summed E-state index contributed by atoms with van der Waals surface area (Å²) >= 11 is 1.27. The predicted octanol–water partition coefficient (Wildman–Crippen LogP) is 0.0646. The summed E-state index contributed by atoms with van der Waals surface area (Å²) in [5.74, 6) is -0.946. The first-order chi connectivity index (χ1) is 8.66. The number of aromatic amines is 1. The second-order valence-corrected chi connectivity index (χ2v) is 4.14. The van der Waals surface area contributed by atoms with Crippen molar-refractivity contribution in [3.05, 3.63) is 44.7 Å². The normalized spacial score (nSPS) is 10.9. The maximum Gasteiger partial charge on any atom is 0.334 e. The molecule has 0 atom stereocenters. The molecule has 3 heterocycles. The summed E-state index contributed by atoms with van der Waals surface area (Å²) < 4.78 is 14.1. The molecule has 0 aliphatic rings. The standard InChI is InChI=1S/C9H4FN5O2S/c10-4-1-15(9(17)14-7(4)16)6-5-8(12-2-11-6)18-3-13-5/h1-3H,(H,14,16,17). The highest BCUT2D eigenvalue weighted by Crippen LogP contribution is 2.18. The highest BCUT2D eigenvalue weighted by molar-refractivity contribution is 7.16. The number of thiazole rings is 1. The van der Waals surface area contributed by atoms with Gasteiger partial charge < -0.3 is 0 Å². The van der Waals surface area contributed by atoms with Gasteiger partial charge in [-0.25, -0.2) is 24.3 Å². The smallest absolute Gasteiger partial charge is 0.271 e. The fourth-order valence-electron chi connectivity index (χ4n) is 1.46. The van der Waals surface area contributed by atoms with Gasteiger partial charge in [-0.15, -0.1) is 11.3 Å². The first-order valence-electron chi connectivity index (χ1n) is 4.73. The predicted molar refractivity (Wildman–Crippen MR) is 61.4 cm³/mol. The summed E-state index contributed by atoms with van der Waals surface area (Å²) in [6.07, 6.45) is 2.02. The van der Waals surface area contributed by atoms with Gasteiger partial charge in [-0.1, -0.05) is 0 Å². The lowest BCUT2D eigenvalue weighted by Crippen LogP contribution is -2.30. The molecule has 0 amide bonds. The molecule has 0 radical (unpaired) electrons. The molecule has 9 heteroatoms. The van der Waals surface area contributed by atoms with Crippen molar-refractivity contribution in [2.75, 3.05) is 0 Å². The fraction of sp³-hybridized carbons (Fsp3) is 0. The van der Waals surface area contributed by atoms with Gasteiger partial charge >= 0.3 is 5.69 Å². The monoisotopic (exact) mass is 265 g/mol. The number of aromatic nitrogens is 5. The van der Waals surface area contributed by atoms with Crippen molar-refractivity contribution in [2.45, 2.75) is 0 Å². The van der Waals surface area contributed by atoms with Gasteiger partial charge in [0.1, 0.15) is 16.7 Å². The van der Waals surface area contributed by atoms with Crippen LogP contribution in [0.1, 0.15) is 0 Å². The third kappa shape index (κ3) is 1.52. The SMILES string of the molecule is O=c1[nH]c(=O)n(-c2ncnc3scnc23)cc1F. The number of nitrogens with zero attached hydrogens (tertiary/aromatic N) is 4. The van der Waals surface area contributed by atoms with Crippen LogP contribution >= 0.6 is 11.3 Å². The van der Waals surface area contributed by atoms with Gasteiger partial charge in [0, 0.05) is 0 Å². The van der Waals surface area contributed by atoms with E-state index in [0.717, 1.165) is 10.8 Å². The number of fused-ring (bicyclic) bond motifs is 1. The van der Waals surface area contributed by atoms with Crippen LogP contribution in [0, 0.1) is 5.82 Å². The van der Waals surface area contributed by atoms with Crippen LogP contribution in [-0.4, -0.2) is 24.5 Å². The molecule has 0 aromatic carbocycles. The van der Waals surface area contributed by atoms with E-state index in [2.05, 4.69) is 15.0 Å². The largest absolute Gasteiger partial charge is 0.334 e. The minimum Gasteiger partial charge on any atom is -0.271 e. The molecule has 90 valence electrons. The van der Waals surface area contributed by atoms with E-state index in [4.69, 9.17) is 0 Å². The Morgan fingerprint density at radius 3 is 2.94 bits per heavy atom. The number of hydrogen-bond acceptors (Lipinski definition) is 6. The number of rotatable bonds is 1. The maximum atomic E-state index is 13.2. The lowest BCUT2D eigenvalue weighted by molar-refractivity contribution is 0.585. The zero-order valence-corrected chi connectivity index (χ0v) is 9.44. The van der Waals surface area contributed by atoms with E-state index in [9.17, 15) is 14.0 Å². The van der Waals surface area contributed by atoms with Crippen molar-refractivity contribution < 1.29 is 4.39 Å². The molecule has 0 bridgehead atoms. The number of H-pyrrole nitrogens is 1. The van der Waals surface area contributed by atoms with Crippen LogP contribution in [0.15, 0.2) is 27.6 Å². The van der Waals surface area contributed by atoms with E-state index < -0.39 is 17.1 Å². The van der Waals surface area contributed by atoms with Gasteiger partial charge in [0.25, 0.3) is 5.56 Å². The maximum absolute atomic E-state index is 13.2. The molecule has 7 nitrogen and oxygen atoms in total. The van der Waals surface area contributed by atoms with Crippen LogP contribution in [0.4, 0.5) is 4.39 Å². The third-order valence-electron chi connectivity index (χ3n) is 2.24. The second kappa shape index (κ2) is 3.81. The Bertz CT molecular complexity index is 852. The zero-order chi connectivity index (χ0) is 12.7. The lowest BCUT2D eigenvalue weighted by atomic mass is 10.5. The van der Waals surface area contributed by atoms with Crippen LogP contribution in [0.25, 0.3) is 16.2 Å². The van der Waals surface area contributed by atoms with Gasteiger partial charge in [-0.05, 0) is 0 Å². The topological polar surface area (TPSA) is 93.5 Å². The first kappa shape index (κ1) is 10.7. The first-order valence-corrected chi connectivity index (χ1v) is 5.61. The van der Waals surface area contributed by atoms with Crippen molar-refractivity contribution in [1.82, 2.24) is 24.5 Å². The van der Waals surface area contributed by atoms with E-state index in [1.165, 1.54) is 23.2 Å². The van der Waals surface area contributed by atoms with E-state index in [0.29, 0.717) is 10.3 Å². The summed E-state index contributed by atoms with van der Waals surface area (Å²) in [5, 5.41) is 0. The molecule has 0 aliphatic heterocycles. The summed E-state index contributed by atoms with van der Waals surface area (Å²) in [5.41, 5.74) is 0.0564. The van der Waals surface area contributed by atoms with Gasteiger partial charge in [0.15, 0.2) is 5.82 Å². The van der Waals surface area contributed by atoms with Gasteiger partial charge in [-0.3, -0.25) is 9.78 Å². The van der Waals surface area contributed by atoms with Crippen LogP contribution in [-0.2, 0) is 0 Å². The third-order valence-corrected chi connectivity index (χ3v) is 2.98. The van der Waals surface area contributed by atoms with E-state index >= 15 is 0 Å². The molecular weight excluding hydrogens is 261 g/mol. The molecule has 3 aromatic rings. The summed E-state index contributed by atoms with van der Waals surface area (Å²) in [6, 6.07) is 0. The molecule has 0 saturated heterocycles. The van der Waals surface area contributed by atoms with Gasteiger partial charge in [0.05, 0.1) is 11.7 Å². The molecule has 3 aromatic heterocycles. The molecule has 0 fully saturated rings. The number of hydrogen-bond donors (Lipinski definition) is 1. The van der Waals surface area contributed by atoms with Crippen LogP contribution in [0.2, 0.25) is 0 Å². The van der Waals surface area contributed by atoms with Crippen LogP contribution in [0.5, 0.6) is 0 Å². The van der Waals surface area contributed by atoms with Gasteiger partial charge in [-0.2, -0.15) is 4.39 Å². The summed E-state index contributed by atoms with van der Waals surface area (Å²) in [6.45, 7) is 0. The van der Waals surface area contributed by atoms with Crippen molar-refractivity contribution in [1.29, 1.82) is 0 Å². The molecular formula is C9H4FN5O2S. The van der Waals surface area contributed by atoms with Crippen LogP contribution < -0.4 is 11.2 Å². The van der Waals surface area contributed by atoms with E-state index in [-0.39, 0.29) is 5.82 Å². The Hall–Kier alpha value is -2.42. The highest BCUT2D eigenvalue weighted by atomic mass is 32.1. The Morgan fingerprint density at radius 1 is 1.28 bits per heavy atom. The Balaban J connectivity index is 2.40. The molecule has 3 rings (SSSR count). The molecule has 0 unspecified atom stereocenters. The molecule has 1 N–H and O–H groups in total. The number of halogens is 1. The highest BCUT2D eigenvalue weighted by Gasteiger charge is 2.12. The van der Waals surface area contributed by atoms with Crippen molar-refractivity contribution >= 4 is 21.7 Å². The molecule has 0 saturated carbocycles. The summed E-state index contributed by atoms with van der Waals surface area (Å²) in [7, 11) is 0. The van der Waals surface area contributed by atoms with Crippen molar-refractivity contribution in [2.24, 2.45) is 0 Å². The average molecular weight is 265 g/mol. The molecule has 0 aliphatic carbocycles. The van der Waals surface area contributed by atoms with Crippen molar-refractivity contribution in [3.8, 4) is 5.82 Å². The second-order valence-electron chi connectivity index (χ2n) is 3.31. The number of nitrogens with one attached hydrogen (secondary N) is 1. The quantitative estimate of drug-likeness (QED) is 0.671. The molecule has 18 heavy (non-hydrogen) atoms. The summed E-state index contributed by atoms with van der Waals surface area (Å²) in [4.78, 5) is 36.8. The Kier molecular flexibility index (Phi) is 2.27. The van der Waals surface area contributed by atoms with E-state index in [1.807, 2.05) is 4.98 Å². The van der Waals surface area contributed by atoms with Crippen molar-refractivity contribution in [3.63, 3.8) is 0 Å². The van der Waals surface area contributed by atoms with Gasteiger partial charge in [0.2, 0.25) is 5.82 Å². The average Bonchev–Trinajstić information content (AvgIpc) is 2.82. The zero-order valence-electron chi connectivity index (χ0n) is 8.62.